The zero-order chi connectivity index (χ0) is 13.9. The lowest BCUT2D eigenvalue weighted by atomic mass is 10.2. The molecule has 6 heteroatoms. The minimum atomic E-state index is -2.59. The van der Waals surface area contributed by atoms with E-state index in [2.05, 4.69) is 41.1 Å². The molecule has 0 aliphatic heterocycles. The maximum absolute atomic E-state index is 12.9. The largest absolute Gasteiger partial charge is 0.280 e. The number of hydrogen-bond donors (Lipinski definition) is 0. The van der Waals surface area contributed by atoms with Crippen molar-refractivity contribution in [3.63, 3.8) is 0 Å². The van der Waals surface area contributed by atoms with Gasteiger partial charge in [-0.1, -0.05) is 37.3 Å². The van der Waals surface area contributed by atoms with Crippen molar-refractivity contribution in [2.24, 2.45) is 0 Å². The van der Waals surface area contributed by atoms with Crippen LogP contribution >= 0.6 is 11.8 Å². The second-order valence-corrected chi connectivity index (χ2v) is 10.4. The summed E-state index contributed by atoms with van der Waals surface area (Å²) < 4.78 is 25.7. The highest BCUT2D eigenvalue weighted by Gasteiger charge is 2.17. The number of hydrogen-bond acceptors (Lipinski definition) is 3. The fourth-order valence-corrected chi connectivity index (χ4v) is 2.05. The van der Waals surface area contributed by atoms with Crippen LogP contribution in [-0.4, -0.2) is 24.3 Å². The van der Waals surface area contributed by atoms with E-state index < -0.39 is 14.5 Å². The van der Waals surface area contributed by atoms with Crippen LogP contribution in [-0.2, 0) is 0 Å². The second-order valence-electron chi connectivity index (χ2n) is 4.87. The van der Waals surface area contributed by atoms with Crippen LogP contribution in [0, 0.1) is 18.4 Å². The van der Waals surface area contributed by atoms with Gasteiger partial charge in [-0.15, -0.1) is 5.54 Å². The molecule has 0 aromatic carbocycles. The van der Waals surface area contributed by atoms with Gasteiger partial charge >= 0.3 is 0 Å². The molecule has 0 saturated carbocycles. The van der Waals surface area contributed by atoms with Crippen molar-refractivity contribution in [3.05, 3.63) is 17.0 Å². The summed E-state index contributed by atoms with van der Waals surface area (Å²) in [6, 6.07) is 0. The summed E-state index contributed by atoms with van der Waals surface area (Å²) in [6.45, 7) is 7.89. The van der Waals surface area contributed by atoms with E-state index >= 15 is 0 Å². The Labute approximate surface area is 112 Å². The Bertz CT molecular complexity index is 501. The standard InChI is InChI=1S/C12H16F2N2SSi/c1-8-9(6-7-18(3,4)5)15-12(17-2)16-10(8)11(13)14/h11H,1-5H3. The van der Waals surface area contributed by atoms with Crippen LogP contribution in [0.15, 0.2) is 5.16 Å². The molecule has 1 aromatic heterocycles. The molecule has 1 aromatic rings. The first kappa shape index (κ1) is 15.1. The lowest BCUT2D eigenvalue weighted by molar-refractivity contribution is 0.144. The van der Waals surface area contributed by atoms with Gasteiger partial charge in [0.15, 0.2) is 5.16 Å². The number of alkyl halides is 2. The van der Waals surface area contributed by atoms with E-state index in [1.165, 1.54) is 11.8 Å². The second kappa shape index (κ2) is 5.80. The van der Waals surface area contributed by atoms with Crippen molar-refractivity contribution in [1.29, 1.82) is 0 Å². The minimum absolute atomic E-state index is 0.214. The number of aromatic nitrogens is 2. The fraction of sp³-hybridized carbons (Fsp3) is 0.500. The van der Waals surface area contributed by atoms with Crippen LogP contribution in [0.3, 0.4) is 0 Å². The Morgan fingerprint density at radius 1 is 1.22 bits per heavy atom. The maximum Gasteiger partial charge on any atom is 0.280 e. The quantitative estimate of drug-likeness (QED) is 0.359. The van der Waals surface area contributed by atoms with Crippen LogP contribution in [0.2, 0.25) is 19.6 Å². The SMILES string of the molecule is CSc1nc(C#C[Si](C)(C)C)c(C)c(C(F)F)n1. The third kappa shape index (κ3) is 4.07. The highest BCUT2D eigenvalue weighted by molar-refractivity contribution is 7.98. The lowest BCUT2D eigenvalue weighted by Crippen LogP contribution is -2.16. The summed E-state index contributed by atoms with van der Waals surface area (Å²) in [7, 11) is -1.55. The number of halogens is 2. The zero-order valence-electron chi connectivity index (χ0n) is 11.1. The zero-order valence-corrected chi connectivity index (χ0v) is 13.0. The van der Waals surface area contributed by atoms with Gasteiger partial charge in [-0.25, -0.2) is 18.7 Å². The summed E-state index contributed by atoms with van der Waals surface area (Å²) >= 11 is 1.24. The monoisotopic (exact) mass is 286 g/mol. The molecule has 0 N–H and O–H groups in total. The third-order valence-electron chi connectivity index (χ3n) is 2.11. The topological polar surface area (TPSA) is 25.8 Å². The van der Waals surface area contributed by atoms with E-state index in [1.807, 2.05) is 0 Å². The molecule has 2 nitrogen and oxygen atoms in total. The van der Waals surface area contributed by atoms with Gasteiger partial charge in [-0.05, 0) is 13.2 Å². The van der Waals surface area contributed by atoms with Crippen LogP contribution in [0.4, 0.5) is 8.78 Å². The number of nitrogens with zero attached hydrogens (tertiary/aromatic N) is 2. The summed E-state index contributed by atoms with van der Waals surface area (Å²) in [5, 5.41) is 0.343. The van der Waals surface area contributed by atoms with Crippen LogP contribution in [0.25, 0.3) is 0 Å². The highest BCUT2D eigenvalue weighted by Crippen LogP contribution is 2.24. The Morgan fingerprint density at radius 2 is 1.83 bits per heavy atom. The third-order valence-corrected chi connectivity index (χ3v) is 3.53. The molecule has 0 aliphatic carbocycles. The average molecular weight is 286 g/mol. The predicted octanol–water partition coefficient (Wildman–Crippen LogP) is 3.67. The summed E-state index contributed by atoms with van der Waals surface area (Å²) in [4.78, 5) is 8.04. The maximum atomic E-state index is 12.9. The van der Waals surface area contributed by atoms with Crippen LogP contribution < -0.4 is 0 Å². The molecule has 0 radical (unpaired) electrons. The smallest absolute Gasteiger partial charge is 0.221 e. The van der Waals surface area contributed by atoms with Gasteiger partial charge in [0.05, 0.1) is 0 Å². The Balaban J connectivity index is 3.34. The van der Waals surface area contributed by atoms with Gasteiger partial charge in [0.25, 0.3) is 6.43 Å². The average Bonchev–Trinajstić information content (AvgIpc) is 2.26. The molecule has 0 spiro atoms. The highest BCUT2D eigenvalue weighted by atomic mass is 32.2. The molecule has 0 saturated heterocycles. The molecular weight excluding hydrogens is 270 g/mol. The van der Waals surface area contributed by atoms with E-state index in [0.29, 0.717) is 16.4 Å². The summed E-state index contributed by atoms with van der Waals surface area (Å²) in [5.74, 6) is 2.94. The molecule has 1 heterocycles. The van der Waals surface area contributed by atoms with Gasteiger partial charge < -0.3 is 0 Å². The lowest BCUT2D eigenvalue weighted by Gasteiger charge is -2.08. The molecule has 0 atom stereocenters. The van der Waals surface area contributed by atoms with Gasteiger partial charge in [-0.2, -0.15) is 0 Å². The van der Waals surface area contributed by atoms with E-state index in [-0.39, 0.29) is 5.69 Å². The van der Waals surface area contributed by atoms with Crippen molar-refractivity contribution < 1.29 is 8.78 Å². The molecule has 0 bridgehead atoms. The van der Waals surface area contributed by atoms with Gasteiger partial charge in [0, 0.05) is 5.56 Å². The Hall–Kier alpha value is -0.933. The van der Waals surface area contributed by atoms with Gasteiger partial charge in [0.2, 0.25) is 0 Å². The molecular formula is C12H16F2N2SSi. The molecule has 0 unspecified atom stereocenters. The van der Waals surface area contributed by atoms with E-state index in [9.17, 15) is 8.78 Å². The minimum Gasteiger partial charge on any atom is -0.221 e. The van der Waals surface area contributed by atoms with Crippen LogP contribution in [0.5, 0.6) is 0 Å². The van der Waals surface area contributed by atoms with E-state index in [0.717, 1.165) is 0 Å². The molecule has 1 rings (SSSR count). The number of thioether (sulfide) groups is 1. The Morgan fingerprint density at radius 3 is 2.28 bits per heavy atom. The summed E-state index contributed by atoms with van der Waals surface area (Å²) in [6.07, 6.45) is -0.832. The van der Waals surface area contributed by atoms with Crippen molar-refractivity contribution in [1.82, 2.24) is 9.97 Å². The molecule has 98 valence electrons. The van der Waals surface area contributed by atoms with Crippen molar-refractivity contribution >= 4 is 19.8 Å². The van der Waals surface area contributed by atoms with Crippen molar-refractivity contribution in [3.8, 4) is 11.5 Å². The first-order valence-corrected chi connectivity index (χ1v) is 10.2. The Kier molecular flexibility index (Phi) is 4.88. The van der Waals surface area contributed by atoms with Crippen molar-refractivity contribution in [2.75, 3.05) is 6.26 Å². The van der Waals surface area contributed by atoms with E-state index in [4.69, 9.17) is 0 Å². The molecule has 0 aliphatic rings. The normalized spacial score (nSPS) is 11.3. The predicted molar refractivity (Wildman–Crippen MR) is 73.7 cm³/mol. The molecule has 0 amide bonds. The van der Waals surface area contributed by atoms with Crippen LogP contribution in [0.1, 0.15) is 23.4 Å². The van der Waals surface area contributed by atoms with E-state index in [1.54, 1.807) is 13.2 Å². The fourth-order valence-electron chi connectivity index (χ4n) is 1.18. The number of rotatable bonds is 2. The first-order valence-electron chi connectivity index (χ1n) is 5.48. The van der Waals surface area contributed by atoms with Gasteiger partial charge in [-0.3, -0.25) is 0 Å². The molecule has 18 heavy (non-hydrogen) atoms. The first-order chi connectivity index (χ1) is 8.24. The molecule has 0 fully saturated rings. The summed E-state index contributed by atoms with van der Waals surface area (Å²) in [5.41, 5.74) is 3.73. The van der Waals surface area contributed by atoms with Gasteiger partial charge in [0.1, 0.15) is 19.5 Å². The van der Waals surface area contributed by atoms with Crippen molar-refractivity contribution in [2.45, 2.75) is 38.1 Å².